The number of carbonyl (C=O) groups is 2. The first-order valence-electron chi connectivity index (χ1n) is 19.0. The lowest BCUT2D eigenvalue weighted by Crippen LogP contribution is -2.67. The molecule has 6 aliphatic carbocycles. The van der Waals surface area contributed by atoms with Crippen molar-refractivity contribution in [1.82, 2.24) is 10.2 Å². The molecule has 2 bridgehead atoms. The van der Waals surface area contributed by atoms with Crippen LogP contribution >= 0.6 is 0 Å². The number of aliphatic hydroxyl groups is 2. The molecule has 3 N–H and O–H groups in total. The molecular formula is C42H48F6N2O5. The number of amides is 2. The van der Waals surface area contributed by atoms with Crippen LogP contribution in [0.2, 0.25) is 0 Å². The molecule has 6 aliphatic rings. The van der Waals surface area contributed by atoms with Crippen LogP contribution in [-0.2, 0) is 12.7 Å². The van der Waals surface area contributed by atoms with Gasteiger partial charge in [0.05, 0.1) is 23.8 Å². The second-order valence-electron chi connectivity index (χ2n) is 17.4. The van der Waals surface area contributed by atoms with Crippen molar-refractivity contribution in [1.29, 1.82) is 0 Å². The molecule has 2 amide bonds. The summed E-state index contributed by atoms with van der Waals surface area (Å²) in [6.07, 6.45) is -0.463. The number of nitrogens with one attached hydrogen (secondary N) is 1. The lowest BCUT2D eigenvalue weighted by molar-refractivity contribution is -0.274. The number of hydrogen-bond donors (Lipinski definition) is 3. The molecule has 0 heterocycles. The van der Waals surface area contributed by atoms with Crippen LogP contribution in [0.25, 0.3) is 0 Å². The number of hydrogen-bond acceptors (Lipinski definition) is 5. The topological polar surface area (TPSA) is 99.1 Å². The fraction of sp³-hybridized carbons (Fsp3) is 0.571. The second-order valence-corrected chi connectivity index (χ2v) is 17.4. The van der Waals surface area contributed by atoms with Crippen LogP contribution in [0.4, 0.5) is 31.1 Å². The zero-order valence-corrected chi connectivity index (χ0v) is 31.4. The van der Waals surface area contributed by atoms with E-state index in [0.717, 1.165) is 12.1 Å². The third kappa shape index (κ3) is 6.37. The minimum Gasteiger partial charge on any atom is -0.406 e. The average Bonchev–Trinajstić information content (AvgIpc) is 3.37. The molecule has 298 valence electrons. The Morgan fingerprint density at radius 3 is 2.24 bits per heavy atom. The van der Waals surface area contributed by atoms with E-state index in [4.69, 9.17) is 0 Å². The minimum atomic E-state index is -4.86. The Morgan fingerprint density at radius 2 is 1.58 bits per heavy atom. The van der Waals surface area contributed by atoms with E-state index in [1.807, 2.05) is 13.0 Å². The van der Waals surface area contributed by atoms with Crippen LogP contribution in [-0.4, -0.2) is 57.6 Å². The predicted molar refractivity (Wildman–Crippen MR) is 192 cm³/mol. The highest BCUT2D eigenvalue weighted by molar-refractivity contribution is 6.10. The number of ether oxygens (including phenoxy) is 1. The van der Waals surface area contributed by atoms with E-state index < -0.39 is 63.6 Å². The van der Waals surface area contributed by atoms with Crippen molar-refractivity contribution in [2.24, 2.45) is 33.5 Å². The molecule has 0 radical (unpaired) electrons. The summed E-state index contributed by atoms with van der Waals surface area (Å²) in [5.41, 5.74) is -4.42. The van der Waals surface area contributed by atoms with Crippen molar-refractivity contribution < 1.29 is 50.9 Å². The first-order chi connectivity index (χ1) is 25.6. The zero-order chi connectivity index (χ0) is 40.0. The number of ketones is 1. The molecule has 2 spiro atoms. The molecule has 13 heteroatoms. The highest BCUT2D eigenvalue weighted by atomic mass is 19.4. The largest absolute Gasteiger partial charge is 0.573 e. The molecular weight excluding hydrogens is 726 g/mol. The number of alkyl halides is 6. The summed E-state index contributed by atoms with van der Waals surface area (Å²) in [7, 11) is 0. The van der Waals surface area contributed by atoms with Gasteiger partial charge < -0.3 is 25.2 Å². The quantitative estimate of drug-likeness (QED) is 0.141. The number of rotatable bonds is 8. The van der Waals surface area contributed by atoms with Gasteiger partial charge in [-0.25, -0.2) is 4.79 Å². The molecule has 55 heavy (non-hydrogen) atoms. The molecule has 0 saturated heterocycles. The fourth-order valence-electron chi connectivity index (χ4n) is 11.5. The summed E-state index contributed by atoms with van der Waals surface area (Å²) in [6.45, 7) is 7.64. The van der Waals surface area contributed by atoms with Crippen LogP contribution in [0.15, 0.2) is 72.3 Å². The summed E-state index contributed by atoms with van der Waals surface area (Å²) in [5, 5.41) is 26.7. The Morgan fingerprint density at radius 1 is 0.927 bits per heavy atom. The number of urea groups is 1. The third-order valence-corrected chi connectivity index (χ3v) is 14.1. The van der Waals surface area contributed by atoms with Gasteiger partial charge in [-0.2, -0.15) is 13.2 Å². The van der Waals surface area contributed by atoms with Crippen LogP contribution in [0, 0.1) is 33.5 Å². The van der Waals surface area contributed by atoms with Crippen molar-refractivity contribution in [3.05, 3.63) is 89.0 Å². The maximum atomic E-state index is 14.8. The van der Waals surface area contributed by atoms with Gasteiger partial charge in [-0.15, -0.1) is 13.2 Å². The number of nitrogens with zero attached hydrogens (tertiary/aromatic N) is 1. The summed E-state index contributed by atoms with van der Waals surface area (Å²) < 4.78 is 84.2. The Balaban J connectivity index is 1.27. The fourth-order valence-corrected chi connectivity index (χ4v) is 11.5. The maximum absolute atomic E-state index is 14.8. The Hall–Kier alpha value is -3.84. The van der Waals surface area contributed by atoms with E-state index in [1.54, 1.807) is 13.8 Å². The van der Waals surface area contributed by atoms with Crippen LogP contribution in [0.5, 0.6) is 5.75 Å². The van der Waals surface area contributed by atoms with Gasteiger partial charge in [0.1, 0.15) is 5.75 Å². The van der Waals surface area contributed by atoms with Crippen molar-refractivity contribution in [3.8, 4) is 5.75 Å². The SMILES string of the molecule is CC(C)NC(=O)N(Cc1ccc(OC(F)(F)F)cc1)C[C@]1(O)CC[C@H]2[C@]34C=C[C@@]5(C=C3C(=O)c3cccc(C(F)(F)F)c3)CC(O)CC[C@]5(C)[C@H]4CC[C@@]21C. The second kappa shape index (κ2) is 13.1. The molecule has 1 unspecified atom stereocenters. The maximum Gasteiger partial charge on any atom is 0.573 e. The number of benzene rings is 2. The highest BCUT2D eigenvalue weighted by Crippen LogP contribution is 2.78. The lowest BCUT2D eigenvalue weighted by atomic mass is 9.32. The molecule has 3 saturated carbocycles. The minimum absolute atomic E-state index is 0.0241. The monoisotopic (exact) mass is 774 g/mol. The number of halogens is 6. The third-order valence-electron chi connectivity index (χ3n) is 14.1. The Kier molecular flexibility index (Phi) is 9.39. The van der Waals surface area contributed by atoms with Gasteiger partial charge in [0.15, 0.2) is 5.78 Å². The number of Topliss-reactive ketones (excluding diaryl/α,β-unsaturated/α-hetero) is 1. The summed E-state index contributed by atoms with van der Waals surface area (Å²) >= 11 is 0. The van der Waals surface area contributed by atoms with Crippen LogP contribution < -0.4 is 10.1 Å². The smallest absolute Gasteiger partial charge is 0.406 e. The number of carbonyl (C=O) groups excluding carboxylic acids is 2. The number of aliphatic hydroxyl groups excluding tert-OH is 1. The van der Waals surface area contributed by atoms with Gasteiger partial charge >= 0.3 is 18.6 Å². The first kappa shape index (κ1) is 39.4. The summed E-state index contributed by atoms with van der Waals surface area (Å²) in [4.78, 5) is 30.0. The van der Waals surface area contributed by atoms with E-state index in [0.29, 0.717) is 49.7 Å². The number of fused-ring (bicyclic) bond motifs is 1. The standard InChI is InChI=1S/C42H48F6N2O5/c1-25(2)49-35(53)50(23-26-8-10-30(11-9-26)55-42(46,47)48)24-39(54)17-14-33-37(39,4)16-13-32-36(3)15-12-29(51)21-38(36)18-19-40(32,33)31(22-38)34(52)27-6-5-7-28(20-27)41(43,44)45/h5-11,18-20,22,25,29,32-33,51,54H,12-17,21,23-24H2,1-4H3,(H,49,53)/t29?,32-,33-,36-,37+,38+,39-,40-/m1/s1. The van der Waals surface area contributed by atoms with Crippen molar-refractivity contribution in [2.75, 3.05) is 6.54 Å². The van der Waals surface area contributed by atoms with Gasteiger partial charge in [-0.3, -0.25) is 4.79 Å². The van der Waals surface area contributed by atoms with Gasteiger partial charge in [0.25, 0.3) is 0 Å². The summed E-state index contributed by atoms with van der Waals surface area (Å²) in [5.74, 6) is -1.35. The zero-order valence-electron chi connectivity index (χ0n) is 31.4. The molecule has 3 fully saturated rings. The molecule has 2 aromatic rings. The normalized spacial score (nSPS) is 35.1. The molecule has 8 atom stereocenters. The first-order valence-corrected chi connectivity index (χ1v) is 19.0. The van der Waals surface area contributed by atoms with Crippen LogP contribution in [0.3, 0.4) is 0 Å². The predicted octanol–water partition coefficient (Wildman–Crippen LogP) is 9.00. The van der Waals surface area contributed by atoms with Gasteiger partial charge in [0.2, 0.25) is 0 Å². The van der Waals surface area contributed by atoms with E-state index >= 15 is 0 Å². The van der Waals surface area contributed by atoms with Gasteiger partial charge in [-0.1, -0.05) is 56.3 Å². The van der Waals surface area contributed by atoms with E-state index in [9.17, 15) is 46.1 Å². The van der Waals surface area contributed by atoms with Crippen molar-refractivity contribution >= 4 is 11.8 Å². The lowest BCUT2D eigenvalue weighted by Gasteiger charge is -2.71. The van der Waals surface area contributed by atoms with Gasteiger partial charge in [-0.05, 0) is 106 Å². The molecule has 8 rings (SSSR count). The van der Waals surface area contributed by atoms with E-state index in [-0.39, 0.29) is 48.4 Å². The Bertz CT molecular complexity index is 1910. The van der Waals surface area contributed by atoms with Crippen molar-refractivity contribution in [3.63, 3.8) is 0 Å². The number of allylic oxidation sites excluding steroid dienone is 4. The highest BCUT2D eigenvalue weighted by Gasteiger charge is 2.74. The Labute approximate surface area is 316 Å². The van der Waals surface area contributed by atoms with Crippen LogP contribution in [0.1, 0.15) is 94.1 Å². The summed E-state index contributed by atoms with van der Waals surface area (Å²) in [6, 6.07) is 8.96. The van der Waals surface area contributed by atoms with Gasteiger partial charge in [0, 0.05) is 40.0 Å². The molecule has 7 nitrogen and oxygen atoms in total. The molecule has 0 aromatic heterocycles. The molecule has 2 aromatic carbocycles. The average molecular weight is 775 g/mol. The van der Waals surface area contributed by atoms with E-state index in [2.05, 4.69) is 29.1 Å². The molecule has 0 aliphatic heterocycles. The van der Waals surface area contributed by atoms with Crippen molar-refractivity contribution in [2.45, 2.75) is 109 Å². The van der Waals surface area contributed by atoms with E-state index in [1.165, 1.54) is 41.3 Å².